The second kappa shape index (κ2) is 8.57. The summed E-state index contributed by atoms with van der Waals surface area (Å²) in [5.74, 6) is -0.275. The van der Waals surface area contributed by atoms with Crippen LogP contribution < -0.4 is 4.74 Å². The van der Waals surface area contributed by atoms with Crippen molar-refractivity contribution < 1.29 is 14.6 Å². The van der Waals surface area contributed by atoms with Crippen molar-refractivity contribution in [3.05, 3.63) is 87.9 Å². The van der Waals surface area contributed by atoms with Crippen molar-refractivity contribution in [3.8, 4) is 5.75 Å². The van der Waals surface area contributed by atoms with Crippen molar-refractivity contribution >= 4 is 33.0 Å². The van der Waals surface area contributed by atoms with Gasteiger partial charge in [-0.3, -0.25) is 4.98 Å². The smallest absolute Gasteiger partial charge is 0.356 e. The molecule has 0 aliphatic heterocycles. The molecule has 1 aliphatic carbocycles. The molecule has 146 valence electrons. The van der Waals surface area contributed by atoms with E-state index in [0.717, 1.165) is 51.8 Å². The van der Waals surface area contributed by atoms with Crippen LogP contribution in [0.2, 0.25) is 0 Å². The summed E-state index contributed by atoms with van der Waals surface area (Å²) in [7, 11) is 0. The molecule has 1 aromatic heterocycles. The Morgan fingerprint density at radius 3 is 2.66 bits per heavy atom. The van der Waals surface area contributed by atoms with Crippen LogP contribution in [0.25, 0.3) is 11.1 Å². The number of rotatable bonds is 6. The molecule has 29 heavy (non-hydrogen) atoms. The number of allylic oxidation sites excluding steroid dienone is 2. The highest BCUT2D eigenvalue weighted by atomic mass is 79.9. The Labute approximate surface area is 177 Å². The Bertz CT molecular complexity index is 1080. The molecule has 1 N–H and O–H groups in total. The van der Waals surface area contributed by atoms with E-state index in [9.17, 15) is 9.90 Å². The topological polar surface area (TPSA) is 72.3 Å². The standard InChI is InChI=1S/C23H19BrN2O3/c24-16-9-10-22(29-14-15-5-2-1-3-6-15)19(11-16)17-7-4-8-18(17)20-12-25-13-21(26-20)23(27)28/h1-3,5-6,9-13H,4,7-8,14H2,(H,27,28). The first-order valence-corrected chi connectivity index (χ1v) is 10.2. The van der Waals surface area contributed by atoms with Gasteiger partial charge in [0.25, 0.3) is 0 Å². The predicted molar refractivity (Wildman–Crippen MR) is 115 cm³/mol. The fourth-order valence-corrected chi connectivity index (χ4v) is 3.90. The van der Waals surface area contributed by atoms with Gasteiger partial charge < -0.3 is 9.84 Å². The van der Waals surface area contributed by atoms with Gasteiger partial charge in [0.2, 0.25) is 0 Å². The highest BCUT2D eigenvalue weighted by Crippen LogP contribution is 2.43. The number of hydrogen-bond donors (Lipinski definition) is 1. The summed E-state index contributed by atoms with van der Waals surface area (Å²) >= 11 is 3.56. The fraction of sp³-hybridized carbons (Fsp3) is 0.174. The normalized spacial score (nSPS) is 13.6. The van der Waals surface area contributed by atoms with Gasteiger partial charge in [0, 0.05) is 10.0 Å². The minimum absolute atomic E-state index is 0.0453. The summed E-state index contributed by atoms with van der Waals surface area (Å²) in [5.41, 5.74) is 4.84. The third-order valence-electron chi connectivity index (χ3n) is 4.88. The van der Waals surface area contributed by atoms with Crippen molar-refractivity contribution in [2.75, 3.05) is 0 Å². The van der Waals surface area contributed by atoms with Crippen molar-refractivity contribution in [2.24, 2.45) is 0 Å². The molecular formula is C23H19BrN2O3. The lowest BCUT2D eigenvalue weighted by atomic mass is 9.99. The quantitative estimate of drug-likeness (QED) is 0.528. The van der Waals surface area contributed by atoms with Gasteiger partial charge in [0.05, 0.1) is 18.1 Å². The number of aromatic carboxylic acids is 1. The molecule has 0 spiro atoms. The molecule has 0 atom stereocenters. The van der Waals surface area contributed by atoms with Crippen molar-refractivity contribution in [1.82, 2.24) is 9.97 Å². The van der Waals surface area contributed by atoms with E-state index in [1.807, 2.05) is 42.5 Å². The molecule has 6 heteroatoms. The second-order valence-electron chi connectivity index (χ2n) is 6.82. The average molecular weight is 451 g/mol. The summed E-state index contributed by atoms with van der Waals surface area (Å²) in [6, 6.07) is 16.0. The Kier molecular flexibility index (Phi) is 5.71. The van der Waals surface area contributed by atoms with Crippen LogP contribution in [0.1, 0.15) is 46.6 Å². The van der Waals surface area contributed by atoms with Crippen LogP contribution in [0, 0.1) is 0 Å². The van der Waals surface area contributed by atoms with Gasteiger partial charge in [-0.1, -0.05) is 46.3 Å². The van der Waals surface area contributed by atoms with E-state index in [-0.39, 0.29) is 5.69 Å². The number of nitrogens with zero attached hydrogens (tertiary/aromatic N) is 2. The zero-order valence-corrected chi connectivity index (χ0v) is 17.2. The van der Waals surface area contributed by atoms with Gasteiger partial charge in [0.1, 0.15) is 12.4 Å². The van der Waals surface area contributed by atoms with Gasteiger partial charge in [-0.05, 0) is 54.2 Å². The van der Waals surface area contributed by atoms with Crippen LogP contribution in [0.4, 0.5) is 0 Å². The third-order valence-corrected chi connectivity index (χ3v) is 5.38. The lowest BCUT2D eigenvalue weighted by molar-refractivity contribution is 0.0690. The van der Waals surface area contributed by atoms with Crippen LogP contribution in [0.5, 0.6) is 5.75 Å². The predicted octanol–water partition coefficient (Wildman–Crippen LogP) is 5.61. The van der Waals surface area contributed by atoms with Crippen molar-refractivity contribution in [2.45, 2.75) is 25.9 Å². The number of ether oxygens (including phenoxy) is 1. The first-order chi connectivity index (χ1) is 14.1. The van der Waals surface area contributed by atoms with E-state index in [1.54, 1.807) is 6.20 Å². The SMILES string of the molecule is O=C(O)c1cncc(C2=C(c3cc(Br)ccc3OCc3ccccc3)CCC2)n1. The lowest BCUT2D eigenvalue weighted by Gasteiger charge is -2.15. The number of carbonyl (C=O) groups is 1. The first kappa shape index (κ1) is 19.3. The summed E-state index contributed by atoms with van der Waals surface area (Å²) in [6.45, 7) is 0.479. The molecule has 0 fully saturated rings. The molecule has 0 radical (unpaired) electrons. The second-order valence-corrected chi connectivity index (χ2v) is 7.74. The zero-order valence-electron chi connectivity index (χ0n) is 15.6. The van der Waals surface area contributed by atoms with E-state index in [1.165, 1.54) is 6.20 Å². The highest BCUT2D eigenvalue weighted by Gasteiger charge is 2.22. The van der Waals surface area contributed by atoms with Crippen molar-refractivity contribution in [3.63, 3.8) is 0 Å². The monoisotopic (exact) mass is 450 g/mol. The minimum Gasteiger partial charge on any atom is -0.488 e. The molecule has 1 aliphatic rings. The van der Waals surface area contributed by atoms with Gasteiger partial charge in [-0.15, -0.1) is 0 Å². The molecule has 4 rings (SSSR count). The number of halogens is 1. The molecule has 0 unspecified atom stereocenters. The Morgan fingerprint density at radius 2 is 1.86 bits per heavy atom. The summed E-state index contributed by atoms with van der Waals surface area (Å²) < 4.78 is 7.11. The van der Waals surface area contributed by atoms with E-state index in [4.69, 9.17) is 4.74 Å². The molecule has 1 heterocycles. The van der Waals surface area contributed by atoms with Crippen LogP contribution in [0.15, 0.2) is 65.4 Å². The number of aromatic nitrogens is 2. The van der Waals surface area contributed by atoms with Gasteiger partial charge in [0.15, 0.2) is 5.69 Å². The Balaban J connectivity index is 1.72. The average Bonchev–Trinajstić information content (AvgIpc) is 3.23. The molecule has 0 saturated heterocycles. The number of hydrogen-bond acceptors (Lipinski definition) is 4. The maximum Gasteiger partial charge on any atom is 0.356 e. The zero-order chi connectivity index (χ0) is 20.2. The number of benzene rings is 2. The molecule has 5 nitrogen and oxygen atoms in total. The van der Waals surface area contributed by atoms with Gasteiger partial charge in [-0.2, -0.15) is 0 Å². The van der Waals surface area contributed by atoms with Crippen molar-refractivity contribution in [1.29, 1.82) is 0 Å². The summed E-state index contributed by atoms with van der Waals surface area (Å²) in [5, 5.41) is 9.25. The van der Waals surface area contributed by atoms with Gasteiger partial charge >= 0.3 is 5.97 Å². The molecular weight excluding hydrogens is 432 g/mol. The molecule has 3 aromatic rings. The van der Waals surface area contributed by atoms with E-state index in [2.05, 4.69) is 32.0 Å². The van der Waals surface area contributed by atoms with Gasteiger partial charge in [-0.25, -0.2) is 9.78 Å². The molecule has 0 saturated carbocycles. The van der Waals surface area contributed by atoms with E-state index >= 15 is 0 Å². The Hall–Kier alpha value is -2.99. The first-order valence-electron chi connectivity index (χ1n) is 9.36. The van der Waals surface area contributed by atoms with Crippen LogP contribution in [0.3, 0.4) is 0 Å². The summed E-state index contributed by atoms with van der Waals surface area (Å²) in [4.78, 5) is 19.7. The Morgan fingerprint density at radius 1 is 1.07 bits per heavy atom. The molecule has 0 bridgehead atoms. The maximum absolute atomic E-state index is 11.3. The molecule has 0 amide bonds. The minimum atomic E-state index is -1.08. The molecule has 2 aromatic carbocycles. The highest BCUT2D eigenvalue weighted by molar-refractivity contribution is 9.10. The number of carboxylic acid groups (broad SMARTS) is 1. The van der Waals surface area contributed by atoms with Crippen LogP contribution >= 0.6 is 15.9 Å². The van der Waals surface area contributed by atoms with Crippen LogP contribution in [-0.4, -0.2) is 21.0 Å². The fourth-order valence-electron chi connectivity index (χ4n) is 3.54. The maximum atomic E-state index is 11.3. The number of carboxylic acids is 1. The van der Waals surface area contributed by atoms with E-state index in [0.29, 0.717) is 12.3 Å². The lowest BCUT2D eigenvalue weighted by Crippen LogP contribution is -2.04. The van der Waals surface area contributed by atoms with Crippen LogP contribution in [-0.2, 0) is 6.61 Å². The van der Waals surface area contributed by atoms with E-state index < -0.39 is 5.97 Å². The third kappa shape index (κ3) is 4.38. The largest absolute Gasteiger partial charge is 0.488 e. The summed E-state index contributed by atoms with van der Waals surface area (Å²) in [6.07, 6.45) is 5.60.